The Kier molecular flexibility index (Phi) is 5.41. The number of hydrogen-bond donors (Lipinski definition) is 1. The Hall–Kier alpha value is -1.29. The molecule has 1 fully saturated rings. The summed E-state index contributed by atoms with van der Waals surface area (Å²) < 4.78 is 0. The van der Waals surface area contributed by atoms with Gasteiger partial charge in [0.1, 0.15) is 11.5 Å². The highest BCUT2D eigenvalue weighted by atomic mass is 35.5. The highest BCUT2D eigenvalue weighted by Gasteiger charge is 2.23. The SMILES string of the molecule is CC1CCCCCN1C(=O)c1cccc(N)n1.Cl. The van der Waals surface area contributed by atoms with Crippen molar-refractivity contribution in [3.05, 3.63) is 23.9 Å². The van der Waals surface area contributed by atoms with Gasteiger partial charge in [-0.3, -0.25) is 4.79 Å². The second-order valence-corrected chi connectivity index (χ2v) is 4.64. The van der Waals surface area contributed by atoms with E-state index in [1.807, 2.05) is 4.90 Å². The fourth-order valence-electron chi connectivity index (χ4n) is 2.29. The van der Waals surface area contributed by atoms with Crippen LogP contribution in [0.2, 0.25) is 0 Å². The summed E-state index contributed by atoms with van der Waals surface area (Å²) in [6.45, 7) is 2.94. The first-order chi connectivity index (χ1) is 8.18. The van der Waals surface area contributed by atoms with Crippen molar-refractivity contribution in [3.8, 4) is 0 Å². The molecule has 1 amide bonds. The lowest BCUT2D eigenvalue weighted by atomic mass is 10.1. The zero-order valence-corrected chi connectivity index (χ0v) is 11.4. The fraction of sp³-hybridized carbons (Fsp3) is 0.538. The monoisotopic (exact) mass is 269 g/mol. The van der Waals surface area contributed by atoms with Gasteiger partial charge in [0.05, 0.1) is 0 Å². The van der Waals surface area contributed by atoms with Crippen LogP contribution in [-0.4, -0.2) is 28.4 Å². The number of rotatable bonds is 1. The molecule has 5 heteroatoms. The Morgan fingerprint density at radius 2 is 2.17 bits per heavy atom. The average Bonchev–Trinajstić information content (AvgIpc) is 2.53. The van der Waals surface area contributed by atoms with Crippen LogP contribution in [0.25, 0.3) is 0 Å². The Balaban J connectivity index is 0.00000162. The summed E-state index contributed by atoms with van der Waals surface area (Å²) in [5, 5.41) is 0. The molecular formula is C13H20ClN3O. The van der Waals surface area contributed by atoms with Crippen molar-refractivity contribution in [2.75, 3.05) is 12.3 Å². The predicted molar refractivity (Wildman–Crippen MR) is 74.9 cm³/mol. The molecule has 0 radical (unpaired) electrons. The topological polar surface area (TPSA) is 59.2 Å². The van der Waals surface area contributed by atoms with Gasteiger partial charge in [-0.2, -0.15) is 0 Å². The van der Waals surface area contributed by atoms with Gasteiger partial charge in [0.2, 0.25) is 0 Å². The summed E-state index contributed by atoms with van der Waals surface area (Å²) in [6.07, 6.45) is 4.57. The summed E-state index contributed by atoms with van der Waals surface area (Å²) in [7, 11) is 0. The molecule has 1 aromatic rings. The maximum atomic E-state index is 12.3. The Bertz CT molecular complexity index is 411. The van der Waals surface area contributed by atoms with E-state index in [4.69, 9.17) is 5.73 Å². The molecule has 2 heterocycles. The molecule has 1 atom stereocenters. The zero-order valence-electron chi connectivity index (χ0n) is 10.6. The normalized spacial score (nSPS) is 19.8. The molecule has 2 rings (SSSR count). The number of carbonyl (C=O) groups excluding carboxylic acids is 1. The van der Waals surface area contributed by atoms with Gasteiger partial charge in [-0.05, 0) is 31.9 Å². The van der Waals surface area contributed by atoms with Crippen LogP contribution < -0.4 is 5.73 Å². The van der Waals surface area contributed by atoms with E-state index >= 15 is 0 Å². The molecule has 1 unspecified atom stereocenters. The maximum Gasteiger partial charge on any atom is 0.272 e. The quantitative estimate of drug-likeness (QED) is 0.852. The van der Waals surface area contributed by atoms with Crippen molar-refractivity contribution < 1.29 is 4.79 Å². The first-order valence-electron chi connectivity index (χ1n) is 6.22. The smallest absolute Gasteiger partial charge is 0.272 e. The van der Waals surface area contributed by atoms with Crippen LogP contribution in [0.15, 0.2) is 18.2 Å². The molecule has 1 aliphatic heterocycles. The molecular weight excluding hydrogens is 250 g/mol. The zero-order chi connectivity index (χ0) is 12.3. The van der Waals surface area contributed by atoms with Crippen LogP contribution in [0.5, 0.6) is 0 Å². The van der Waals surface area contributed by atoms with Crippen LogP contribution in [0.4, 0.5) is 5.82 Å². The van der Waals surface area contributed by atoms with E-state index in [0.29, 0.717) is 17.6 Å². The highest BCUT2D eigenvalue weighted by Crippen LogP contribution is 2.18. The van der Waals surface area contributed by atoms with Crippen LogP contribution in [0.3, 0.4) is 0 Å². The second kappa shape index (κ2) is 6.59. The number of aromatic nitrogens is 1. The summed E-state index contributed by atoms with van der Waals surface area (Å²) in [4.78, 5) is 18.3. The summed E-state index contributed by atoms with van der Waals surface area (Å²) in [5.41, 5.74) is 6.07. The second-order valence-electron chi connectivity index (χ2n) is 4.64. The first kappa shape index (κ1) is 14.8. The van der Waals surface area contributed by atoms with Gasteiger partial charge in [0.15, 0.2) is 0 Å². The lowest BCUT2D eigenvalue weighted by Gasteiger charge is -2.26. The first-order valence-corrected chi connectivity index (χ1v) is 6.22. The number of nitrogens with two attached hydrogens (primary N) is 1. The van der Waals surface area contributed by atoms with E-state index in [1.54, 1.807) is 18.2 Å². The molecule has 1 aliphatic rings. The molecule has 1 aromatic heterocycles. The Morgan fingerprint density at radius 1 is 1.39 bits per heavy atom. The molecule has 0 aromatic carbocycles. The highest BCUT2D eigenvalue weighted by molar-refractivity contribution is 5.92. The van der Waals surface area contributed by atoms with Crippen LogP contribution in [-0.2, 0) is 0 Å². The summed E-state index contributed by atoms with van der Waals surface area (Å²) >= 11 is 0. The van der Waals surface area contributed by atoms with E-state index in [2.05, 4.69) is 11.9 Å². The minimum atomic E-state index is 0. The van der Waals surface area contributed by atoms with Gasteiger partial charge in [-0.25, -0.2) is 4.98 Å². The molecule has 1 saturated heterocycles. The molecule has 0 spiro atoms. The predicted octanol–water partition coefficient (Wildman–Crippen LogP) is 2.49. The van der Waals surface area contributed by atoms with E-state index in [1.165, 1.54) is 12.8 Å². The van der Waals surface area contributed by atoms with Crippen molar-refractivity contribution in [1.29, 1.82) is 0 Å². The van der Waals surface area contributed by atoms with Crippen LogP contribution in [0, 0.1) is 0 Å². The minimum absolute atomic E-state index is 0. The third-order valence-electron chi connectivity index (χ3n) is 3.30. The average molecular weight is 270 g/mol. The van der Waals surface area contributed by atoms with Gasteiger partial charge >= 0.3 is 0 Å². The largest absolute Gasteiger partial charge is 0.384 e. The number of halogens is 1. The van der Waals surface area contributed by atoms with E-state index in [-0.39, 0.29) is 18.3 Å². The Morgan fingerprint density at radius 3 is 2.89 bits per heavy atom. The van der Waals surface area contributed by atoms with E-state index in [9.17, 15) is 4.79 Å². The number of anilines is 1. The molecule has 100 valence electrons. The number of likely N-dealkylation sites (tertiary alicyclic amines) is 1. The third kappa shape index (κ3) is 3.35. The number of hydrogen-bond acceptors (Lipinski definition) is 3. The van der Waals surface area contributed by atoms with Gasteiger partial charge in [0, 0.05) is 12.6 Å². The van der Waals surface area contributed by atoms with E-state index in [0.717, 1.165) is 19.4 Å². The number of amides is 1. The van der Waals surface area contributed by atoms with Crippen molar-refractivity contribution in [2.45, 2.75) is 38.6 Å². The molecule has 0 aliphatic carbocycles. The number of pyridine rings is 1. The lowest BCUT2D eigenvalue weighted by molar-refractivity contribution is 0.0692. The minimum Gasteiger partial charge on any atom is -0.384 e. The lowest BCUT2D eigenvalue weighted by Crippen LogP contribution is -2.38. The number of carbonyl (C=O) groups is 1. The van der Waals surface area contributed by atoms with Crippen molar-refractivity contribution in [1.82, 2.24) is 9.88 Å². The standard InChI is InChI=1S/C13H19N3O.ClH/c1-10-6-3-2-4-9-16(10)13(17)11-7-5-8-12(14)15-11;/h5,7-8,10H,2-4,6,9H2,1H3,(H2,14,15);1H. The van der Waals surface area contributed by atoms with Crippen molar-refractivity contribution >= 4 is 24.1 Å². The molecule has 4 nitrogen and oxygen atoms in total. The third-order valence-corrected chi connectivity index (χ3v) is 3.30. The number of nitrogens with zero attached hydrogens (tertiary/aromatic N) is 2. The molecule has 0 bridgehead atoms. The summed E-state index contributed by atoms with van der Waals surface area (Å²) in [6, 6.07) is 5.50. The van der Waals surface area contributed by atoms with Crippen LogP contribution in [0.1, 0.15) is 43.1 Å². The molecule has 2 N–H and O–H groups in total. The van der Waals surface area contributed by atoms with E-state index < -0.39 is 0 Å². The van der Waals surface area contributed by atoms with Gasteiger partial charge in [0.25, 0.3) is 5.91 Å². The number of nitrogen functional groups attached to an aromatic ring is 1. The fourth-order valence-corrected chi connectivity index (χ4v) is 2.29. The molecule has 0 saturated carbocycles. The van der Waals surface area contributed by atoms with Gasteiger partial charge < -0.3 is 10.6 Å². The van der Waals surface area contributed by atoms with Gasteiger partial charge in [-0.15, -0.1) is 12.4 Å². The van der Waals surface area contributed by atoms with Crippen molar-refractivity contribution in [2.24, 2.45) is 0 Å². The van der Waals surface area contributed by atoms with Crippen molar-refractivity contribution in [3.63, 3.8) is 0 Å². The summed E-state index contributed by atoms with van der Waals surface area (Å²) in [5.74, 6) is 0.407. The maximum absolute atomic E-state index is 12.3. The molecule has 18 heavy (non-hydrogen) atoms. The van der Waals surface area contributed by atoms with Crippen LogP contribution >= 0.6 is 12.4 Å². The Labute approximate surface area is 114 Å². The van der Waals surface area contributed by atoms with Gasteiger partial charge in [-0.1, -0.05) is 18.9 Å².